The topological polar surface area (TPSA) is 109 Å². The summed E-state index contributed by atoms with van der Waals surface area (Å²) in [6.07, 6.45) is 11.2. The van der Waals surface area contributed by atoms with E-state index in [0.29, 0.717) is 16.9 Å². The molecule has 0 bridgehead atoms. The number of hydrogen-bond donors (Lipinski definition) is 3. The first-order valence-corrected chi connectivity index (χ1v) is 12.3. The predicted octanol–water partition coefficient (Wildman–Crippen LogP) is 3.73. The molecule has 1 fully saturated rings. The van der Waals surface area contributed by atoms with Crippen molar-refractivity contribution >= 4 is 23.3 Å². The molecule has 10 heteroatoms. The molecule has 186 valence electrons. The summed E-state index contributed by atoms with van der Waals surface area (Å²) in [7, 11) is 0. The van der Waals surface area contributed by atoms with Crippen molar-refractivity contribution in [3.05, 3.63) is 54.6 Å². The number of aromatic nitrogens is 4. The van der Waals surface area contributed by atoms with Crippen LogP contribution in [0, 0.1) is 0 Å². The molecule has 0 aliphatic heterocycles. The molecule has 2 heterocycles. The molecule has 0 radical (unpaired) electrons. The lowest BCUT2D eigenvalue weighted by atomic mass is 10.2. The summed E-state index contributed by atoms with van der Waals surface area (Å²) >= 11 is 0. The SMILES string of the molecule is CCN(CC)CCn1cc(NC(=O)c2cccc(-n3cc(NC(=O)NC4CCCC4)cn3)c2)cn1. The Labute approximate surface area is 205 Å². The maximum Gasteiger partial charge on any atom is 0.319 e. The van der Waals surface area contributed by atoms with Gasteiger partial charge in [0.25, 0.3) is 5.91 Å². The third-order valence-corrected chi connectivity index (χ3v) is 6.33. The molecule has 4 rings (SSSR count). The van der Waals surface area contributed by atoms with Gasteiger partial charge < -0.3 is 20.9 Å². The molecule has 2 aromatic heterocycles. The number of hydrogen-bond acceptors (Lipinski definition) is 5. The van der Waals surface area contributed by atoms with Gasteiger partial charge in [0.05, 0.1) is 42.2 Å². The average Bonchev–Trinajstić information content (AvgIpc) is 3.63. The molecule has 0 atom stereocenters. The van der Waals surface area contributed by atoms with Gasteiger partial charge in [0.15, 0.2) is 0 Å². The number of carbonyl (C=O) groups excluding carboxylic acids is 2. The molecule has 1 aromatic carbocycles. The van der Waals surface area contributed by atoms with Crippen LogP contribution in [-0.4, -0.2) is 62.1 Å². The molecule has 1 aliphatic rings. The van der Waals surface area contributed by atoms with Gasteiger partial charge in [-0.2, -0.15) is 10.2 Å². The highest BCUT2D eigenvalue weighted by Crippen LogP contribution is 2.18. The van der Waals surface area contributed by atoms with E-state index >= 15 is 0 Å². The molecule has 0 unspecified atom stereocenters. The average molecular weight is 479 g/mol. The lowest BCUT2D eigenvalue weighted by Crippen LogP contribution is -2.36. The fourth-order valence-corrected chi connectivity index (χ4v) is 4.28. The normalized spacial score (nSPS) is 13.8. The number of anilines is 2. The number of amides is 3. The van der Waals surface area contributed by atoms with Crippen molar-refractivity contribution in [2.45, 2.75) is 52.1 Å². The Morgan fingerprint density at radius 3 is 2.54 bits per heavy atom. The highest BCUT2D eigenvalue weighted by molar-refractivity contribution is 6.04. The van der Waals surface area contributed by atoms with Crippen LogP contribution in [-0.2, 0) is 6.54 Å². The van der Waals surface area contributed by atoms with Crippen LogP contribution in [0.5, 0.6) is 0 Å². The summed E-state index contributed by atoms with van der Waals surface area (Å²) in [4.78, 5) is 27.4. The second-order valence-corrected chi connectivity index (χ2v) is 8.78. The van der Waals surface area contributed by atoms with Crippen LogP contribution in [0.3, 0.4) is 0 Å². The van der Waals surface area contributed by atoms with E-state index in [-0.39, 0.29) is 18.0 Å². The van der Waals surface area contributed by atoms with Crippen LogP contribution in [0.2, 0.25) is 0 Å². The van der Waals surface area contributed by atoms with Gasteiger partial charge in [0.2, 0.25) is 0 Å². The van der Waals surface area contributed by atoms with Gasteiger partial charge in [-0.3, -0.25) is 9.48 Å². The van der Waals surface area contributed by atoms with Crippen molar-refractivity contribution in [1.82, 2.24) is 29.8 Å². The number of carbonyl (C=O) groups is 2. The number of nitrogens with zero attached hydrogens (tertiary/aromatic N) is 5. The fourth-order valence-electron chi connectivity index (χ4n) is 4.28. The third kappa shape index (κ3) is 6.69. The maximum atomic E-state index is 12.8. The summed E-state index contributed by atoms with van der Waals surface area (Å²) in [6, 6.07) is 7.20. The highest BCUT2D eigenvalue weighted by atomic mass is 16.2. The summed E-state index contributed by atoms with van der Waals surface area (Å²) in [5, 5.41) is 17.4. The Hall–Kier alpha value is -3.66. The predicted molar refractivity (Wildman–Crippen MR) is 136 cm³/mol. The van der Waals surface area contributed by atoms with Crippen molar-refractivity contribution in [3.8, 4) is 5.69 Å². The first-order valence-electron chi connectivity index (χ1n) is 12.3. The second kappa shape index (κ2) is 11.7. The van der Waals surface area contributed by atoms with Crippen molar-refractivity contribution in [2.24, 2.45) is 0 Å². The number of benzene rings is 1. The van der Waals surface area contributed by atoms with Gasteiger partial charge in [-0.05, 0) is 44.1 Å². The Kier molecular flexibility index (Phi) is 8.15. The van der Waals surface area contributed by atoms with E-state index in [4.69, 9.17) is 0 Å². The Bertz CT molecular complexity index is 1130. The second-order valence-electron chi connectivity index (χ2n) is 8.78. The number of likely N-dealkylation sites (N-methyl/N-ethyl adjacent to an activating group) is 1. The first-order chi connectivity index (χ1) is 17.0. The minimum Gasteiger partial charge on any atom is -0.335 e. The summed E-state index contributed by atoms with van der Waals surface area (Å²) in [5.74, 6) is -0.225. The molecule has 35 heavy (non-hydrogen) atoms. The molecule has 10 nitrogen and oxygen atoms in total. The zero-order valence-electron chi connectivity index (χ0n) is 20.4. The van der Waals surface area contributed by atoms with Crippen LogP contribution in [0.25, 0.3) is 5.69 Å². The van der Waals surface area contributed by atoms with Crippen molar-refractivity contribution < 1.29 is 9.59 Å². The van der Waals surface area contributed by atoms with E-state index in [1.807, 2.05) is 16.9 Å². The summed E-state index contributed by atoms with van der Waals surface area (Å²) in [5.41, 5.74) is 2.46. The van der Waals surface area contributed by atoms with E-state index in [0.717, 1.165) is 57.5 Å². The molecule has 3 amide bonds. The molecule has 0 spiro atoms. The van der Waals surface area contributed by atoms with E-state index < -0.39 is 0 Å². The zero-order valence-corrected chi connectivity index (χ0v) is 20.4. The largest absolute Gasteiger partial charge is 0.335 e. The van der Waals surface area contributed by atoms with E-state index in [1.165, 1.54) is 0 Å². The quantitative estimate of drug-likeness (QED) is 0.411. The Morgan fingerprint density at radius 1 is 1.03 bits per heavy atom. The monoisotopic (exact) mass is 478 g/mol. The molecule has 0 saturated heterocycles. The highest BCUT2D eigenvalue weighted by Gasteiger charge is 2.17. The van der Waals surface area contributed by atoms with Crippen molar-refractivity contribution in [3.63, 3.8) is 0 Å². The van der Waals surface area contributed by atoms with E-state index in [2.05, 4.69) is 44.9 Å². The van der Waals surface area contributed by atoms with Gasteiger partial charge >= 0.3 is 6.03 Å². The minimum atomic E-state index is -0.225. The smallest absolute Gasteiger partial charge is 0.319 e. The Balaban J connectivity index is 1.34. The van der Waals surface area contributed by atoms with E-state index in [1.54, 1.807) is 41.5 Å². The standard InChI is InChI=1S/C25H34N8O2/c1-3-31(4-2)12-13-32-17-21(15-26-32)28-24(34)19-8-7-11-23(14-19)33-18-22(16-27-33)30-25(35)29-20-9-5-6-10-20/h7-8,11,14-18,20H,3-6,9-10,12-13H2,1-2H3,(H,28,34)(H2,29,30,35). The third-order valence-electron chi connectivity index (χ3n) is 6.33. The first kappa shape index (κ1) is 24.5. The molecular formula is C25H34N8O2. The van der Waals surface area contributed by atoms with Crippen LogP contribution >= 0.6 is 0 Å². The summed E-state index contributed by atoms with van der Waals surface area (Å²) < 4.78 is 3.47. The van der Waals surface area contributed by atoms with Gasteiger partial charge in [0.1, 0.15) is 0 Å². The van der Waals surface area contributed by atoms with E-state index in [9.17, 15) is 9.59 Å². The maximum absolute atomic E-state index is 12.8. The van der Waals surface area contributed by atoms with Crippen LogP contribution < -0.4 is 16.0 Å². The Morgan fingerprint density at radius 2 is 1.77 bits per heavy atom. The number of nitrogens with one attached hydrogen (secondary N) is 3. The van der Waals surface area contributed by atoms with Gasteiger partial charge in [0, 0.05) is 24.3 Å². The molecule has 3 aromatic rings. The van der Waals surface area contributed by atoms with Crippen molar-refractivity contribution in [2.75, 3.05) is 30.3 Å². The minimum absolute atomic E-state index is 0.220. The summed E-state index contributed by atoms with van der Waals surface area (Å²) in [6.45, 7) is 7.95. The van der Waals surface area contributed by atoms with Gasteiger partial charge in [-0.1, -0.05) is 32.8 Å². The fraction of sp³-hybridized carbons (Fsp3) is 0.440. The zero-order chi connectivity index (χ0) is 24.6. The number of rotatable bonds is 10. The van der Waals surface area contributed by atoms with Crippen molar-refractivity contribution in [1.29, 1.82) is 0 Å². The molecule has 1 saturated carbocycles. The van der Waals surface area contributed by atoms with Crippen LogP contribution in [0.4, 0.5) is 16.2 Å². The van der Waals surface area contributed by atoms with Gasteiger partial charge in [-0.15, -0.1) is 0 Å². The number of urea groups is 1. The van der Waals surface area contributed by atoms with Gasteiger partial charge in [-0.25, -0.2) is 9.48 Å². The lowest BCUT2D eigenvalue weighted by Gasteiger charge is -2.17. The van der Waals surface area contributed by atoms with Crippen LogP contribution in [0.1, 0.15) is 49.9 Å². The molecule has 3 N–H and O–H groups in total. The van der Waals surface area contributed by atoms with Crippen LogP contribution in [0.15, 0.2) is 49.1 Å². The lowest BCUT2D eigenvalue weighted by molar-refractivity contribution is 0.102. The molecule has 1 aliphatic carbocycles. The molecular weight excluding hydrogens is 444 g/mol.